The van der Waals surface area contributed by atoms with E-state index in [9.17, 15) is 13.5 Å². The first kappa shape index (κ1) is 18.2. The van der Waals surface area contributed by atoms with Gasteiger partial charge in [-0.05, 0) is 62.3 Å². The Morgan fingerprint density at radius 3 is 2.52 bits per heavy atom. The maximum absolute atomic E-state index is 13.4. The molecule has 4 nitrogen and oxygen atoms in total. The van der Waals surface area contributed by atoms with Crippen LogP contribution in [0.2, 0.25) is 0 Å². The van der Waals surface area contributed by atoms with Gasteiger partial charge < -0.3 is 9.67 Å². The van der Waals surface area contributed by atoms with Gasteiger partial charge in [-0.1, -0.05) is 25.5 Å². The molecular weight excluding hydrogens is 334 g/mol. The van der Waals surface area contributed by atoms with Crippen molar-refractivity contribution < 1.29 is 13.5 Å². The lowest BCUT2D eigenvalue weighted by Gasteiger charge is -2.17. The predicted molar refractivity (Wildman–Crippen MR) is 98.5 cm³/mol. The summed E-state index contributed by atoms with van der Waals surface area (Å²) in [4.78, 5) is 0.836. The van der Waals surface area contributed by atoms with Crippen molar-refractivity contribution >= 4 is 9.84 Å². The second-order valence-electron chi connectivity index (χ2n) is 6.86. The van der Waals surface area contributed by atoms with Crippen LogP contribution in [0.15, 0.2) is 34.1 Å². The molecule has 0 amide bonds. The number of hydrogen-bond donors (Lipinski definition) is 1. The highest BCUT2D eigenvalue weighted by Crippen LogP contribution is 2.35. The molecule has 0 fully saturated rings. The van der Waals surface area contributed by atoms with E-state index in [2.05, 4.69) is 11.5 Å². The molecule has 0 aliphatic carbocycles. The Balaban J connectivity index is 2.15. The van der Waals surface area contributed by atoms with Gasteiger partial charge in [-0.25, -0.2) is 8.42 Å². The van der Waals surface area contributed by atoms with Crippen LogP contribution in [0.3, 0.4) is 0 Å². The number of hydrogen-bond acceptors (Lipinski definition) is 3. The lowest BCUT2D eigenvalue weighted by Crippen LogP contribution is -2.12. The monoisotopic (exact) mass is 361 g/mol. The summed E-state index contributed by atoms with van der Waals surface area (Å²) in [7, 11) is -3.55. The summed E-state index contributed by atoms with van der Waals surface area (Å²) in [6, 6.07) is 6.59. The number of unbranched alkanes of at least 4 members (excludes halogenated alkanes) is 1. The van der Waals surface area contributed by atoms with Crippen LogP contribution in [0.4, 0.5) is 0 Å². The van der Waals surface area contributed by atoms with Gasteiger partial charge in [0.2, 0.25) is 9.84 Å². The second kappa shape index (κ2) is 7.34. The Labute approximate surface area is 150 Å². The number of benzene rings is 1. The SMILES string of the molecule is CCCCc1c(S(=O)(=O)c2ccc(CO)cc2)c(C)n2c1CCCC2. The molecule has 136 valence electrons. The summed E-state index contributed by atoms with van der Waals surface area (Å²) in [5.74, 6) is 0. The molecule has 0 unspecified atom stereocenters. The van der Waals surface area contributed by atoms with Crippen LogP contribution in [0.25, 0.3) is 0 Å². The van der Waals surface area contributed by atoms with Crippen LogP contribution < -0.4 is 0 Å². The number of aliphatic hydroxyl groups excluding tert-OH is 1. The van der Waals surface area contributed by atoms with Gasteiger partial charge in [-0.2, -0.15) is 0 Å². The zero-order valence-corrected chi connectivity index (χ0v) is 15.9. The summed E-state index contributed by atoms with van der Waals surface area (Å²) < 4.78 is 29.0. The smallest absolute Gasteiger partial charge is 0.208 e. The molecule has 1 aromatic carbocycles. The molecule has 2 heterocycles. The van der Waals surface area contributed by atoms with Crippen molar-refractivity contribution in [3.05, 3.63) is 46.8 Å². The van der Waals surface area contributed by atoms with Crippen LogP contribution in [-0.4, -0.2) is 18.1 Å². The zero-order valence-electron chi connectivity index (χ0n) is 15.1. The van der Waals surface area contributed by atoms with E-state index in [-0.39, 0.29) is 6.61 Å². The second-order valence-corrected chi connectivity index (χ2v) is 8.74. The van der Waals surface area contributed by atoms with Crippen molar-refractivity contribution in [2.24, 2.45) is 0 Å². The van der Waals surface area contributed by atoms with Gasteiger partial charge in [0.25, 0.3) is 0 Å². The van der Waals surface area contributed by atoms with Gasteiger partial charge in [0.15, 0.2) is 0 Å². The molecule has 0 saturated carbocycles. The number of fused-ring (bicyclic) bond motifs is 1. The summed E-state index contributed by atoms with van der Waals surface area (Å²) in [6.07, 6.45) is 6.09. The highest BCUT2D eigenvalue weighted by molar-refractivity contribution is 7.91. The molecule has 5 heteroatoms. The van der Waals surface area contributed by atoms with Gasteiger partial charge in [0.05, 0.1) is 16.4 Å². The zero-order chi connectivity index (χ0) is 18.0. The Morgan fingerprint density at radius 1 is 1.16 bits per heavy atom. The normalized spacial score (nSPS) is 14.5. The van der Waals surface area contributed by atoms with E-state index >= 15 is 0 Å². The molecule has 3 rings (SSSR count). The van der Waals surface area contributed by atoms with Gasteiger partial charge in [-0.15, -0.1) is 0 Å². The van der Waals surface area contributed by atoms with Crippen molar-refractivity contribution in [2.45, 2.75) is 75.3 Å². The Morgan fingerprint density at radius 2 is 1.88 bits per heavy atom. The van der Waals surface area contributed by atoms with Gasteiger partial charge >= 0.3 is 0 Å². The van der Waals surface area contributed by atoms with E-state index in [0.29, 0.717) is 9.79 Å². The standard InChI is InChI=1S/C20H27NO3S/c1-3-4-7-18-19-8-5-6-13-21(19)15(2)20(18)25(23,24)17-11-9-16(14-22)10-12-17/h9-12,22H,3-8,13-14H2,1-2H3. The average molecular weight is 362 g/mol. The van der Waals surface area contributed by atoms with Crippen molar-refractivity contribution in [2.75, 3.05) is 0 Å². The van der Waals surface area contributed by atoms with Crippen molar-refractivity contribution in [3.8, 4) is 0 Å². The van der Waals surface area contributed by atoms with E-state index in [1.54, 1.807) is 24.3 Å². The van der Waals surface area contributed by atoms with E-state index in [1.165, 1.54) is 5.69 Å². The first-order chi connectivity index (χ1) is 12.0. The lowest BCUT2D eigenvalue weighted by atomic mass is 10.0. The minimum atomic E-state index is -3.55. The first-order valence-electron chi connectivity index (χ1n) is 9.16. The fourth-order valence-electron chi connectivity index (χ4n) is 3.85. The van der Waals surface area contributed by atoms with Gasteiger partial charge in [0.1, 0.15) is 0 Å². The topological polar surface area (TPSA) is 59.3 Å². The number of nitrogens with zero attached hydrogens (tertiary/aromatic N) is 1. The molecule has 1 N–H and O–H groups in total. The van der Waals surface area contributed by atoms with Crippen LogP contribution in [0, 0.1) is 6.92 Å². The largest absolute Gasteiger partial charge is 0.392 e. The molecule has 0 atom stereocenters. The highest BCUT2D eigenvalue weighted by Gasteiger charge is 2.30. The summed E-state index contributed by atoms with van der Waals surface area (Å²) >= 11 is 0. The van der Waals surface area contributed by atoms with Crippen LogP contribution in [-0.2, 0) is 35.8 Å². The number of rotatable bonds is 6. The molecule has 1 aromatic heterocycles. The van der Waals surface area contributed by atoms with Crippen LogP contribution >= 0.6 is 0 Å². The Kier molecular flexibility index (Phi) is 5.35. The maximum atomic E-state index is 13.4. The van der Waals surface area contributed by atoms with Crippen molar-refractivity contribution in [1.82, 2.24) is 4.57 Å². The highest BCUT2D eigenvalue weighted by atomic mass is 32.2. The number of aromatic nitrogens is 1. The summed E-state index contributed by atoms with van der Waals surface area (Å²) in [5.41, 5.74) is 3.86. The molecule has 1 aliphatic heterocycles. The van der Waals surface area contributed by atoms with Crippen LogP contribution in [0.5, 0.6) is 0 Å². The minimum Gasteiger partial charge on any atom is -0.392 e. The third-order valence-electron chi connectivity index (χ3n) is 5.19. The molecular formula is C20H27NO3S. The van der Waals surface area contributed by atoms with E-state index in [1.807, 2.05) is 6.92 Å². The molecule has 0 spiro atoms. The van der Waals surface area contributed by atoms with Crippen LogP contribution in [0.1, 0.15) is 55.1 Å². The summed E-state index contributed by atoms with van der Waals surface area (Å²) in [6.45, 7) is 4.91. The minimum absolute atomic E-state index is 0.0817. The first-order valence-corrected chi connectivity index (χ1v) is 10.6. The van der Waals surface area contributed by atoms with Gasteiger partial charge in [0, 0.05) is 17.9 Å². The Hall–Kier alpha value is -1.59. The average Bonchev–Trinajstić information content (AvgIpc) is 2.93. The summed E-state index contributed by atoms with van der Waals surface area (Å²) in [5, 5.41) is 9.19. The van der Waals surface area contributed by atoms with Gasteiger partial charge in [-0.3, -0.25) is 0 Å². The quantitative estimate of drug-likeness (QED) is 0.851. The maximum Gasteiger partial charge on any atom is 0.208 e. The van der Waals surface area contributed by atoms with Crippen molar-refractivity contribution in [3.63, 3.8) is 0 Å². The van der Waals surface area contributed by atoms with E-state index in [0.717, 1.165) is 61.9 Å². The molecule has 25 heavy (non-hydrogen) atoms. The fraction of sp³-hybridized carbons (Fsp3) is 0.500. The fourth-order valence-corrected chi connectivity index (χ4v) is 5.62. The van der Waals surface area contributed by atoms with Crippen molar-refractivity contribution in [1.29, 1.82) is 0 Å². The molecule has 2 aromatic rings. The molecule has 0 radical (unpaired) electrons. The Bertz CT molecular complexity index is 848. The third-order valence-corrected chi connectivity index (χ3v) is 7.16. The number of sulfone groups is 1. The molecule has 1 aliphatic rings. The number of aliphatic hydroxyl groups is 1. The van der Waals surface area contributed by atoms with E-state index in [4.69, 9.17) is 0 Å². The third kappa shape index (κ3) is 3.27. The lowest BCUT2D eigenvalue weighted by molar-refractivity contribution is 0.282. The molecule has 0 bridgehead atoms. The molecule has 0 saturated heterocycles. The predicted octanol–water partition coefficient (Wildman–Crippen LogP) is 3.80. The van der Waals surface area contributed by atoms with E-state index < -0.39 is 9.84 Å².